The van der Waals surface area contributed by atoms with Gasteiger partial charge in [-0.3, -0.25) is 23.5 Å². The van der Waals surface area contributed by atoms with Gasteiger partial charge >= 0.3 is 5.69 Å². The molecule has 198 valence electrons. The number of carbonyl (C=O) groups is 3. The molecule has 1 saturated carbocycles. The minimum Gasteiger partial charge on any atom is -0.342 e. The molecule has 4 fully saturated rings. The van der Waals surface area contributed by atoms with Crippen molar-refractivity contribution < 1.29 is 14.4 Å². The van der Waals surface area contributed by atoms with Gasteiger partial charge in [-0.15, -0.1) is 0 Å². The molecule has 1 unspecified atom stereocenters. The largest absolute Gasteiger partial charge is 0.342 e. The van der Waals surface area contributed by atoms with Gasteiger partial charge in [-0.05, 0) is 68.9 Å². The predicted octanol–water partition coefficient (Wildman–Crippen LogP) is 1.97. The summed E-state index contributed by atoms with van der Waals surface area (Å²) >= 11 is 0. The second-order valence-corrected chi connectivity index (χ2v) is 11.7. The molecule has 2 atom stereocenters. The number of rotatable bonds is 4. The highest BCUT2D eigenvalue weighted by Crippen LogP contribution is 2.55. The van der Waals surface area contributed by atoms with Crippen molar-refractivity contribution in [1.29, 1.82) is 0 Å². The fourth-order valence-electron chi connectivity index (χ4n) is 6.78. The van der Waals surface area contributed by atoms with E-state index < -0.39 is 6.04 Å². The predicted molar refractivity (Wildman–Crippen MR) is 139 cm³/mol. The van der Waals surface area contributed by atoms with Gasteiger partial charge in [-0.1, -0.05) is 12.1 Å². The maximum absolute atomic E-state index is 13.8. The zero-order valence-corrected chi connectivity index (χ0v) is 21.7. The Balaban J connectivity index is 1.19. The van der Waals surface area contributed by atoms with Crippen molar-refractivity contribution in [2.45, 2.75) is 64.0 Å². The van der Waals surface area contributed by atoms with Crippen LogP contribution in [0, 0.1) is 11.3 Å². The Labute approximate surface area is 217 Å². The third kappa shape index (κ3) is 4.36. The van der Waals surface area contributed by atoms with Crippen molar-refractivity contribution in [3.8, 4) is 0 Å². The summed E-state index contributed by atoms with van der Waals surface area (Å²) in [7, 11) is 1.71. The summed E-state index contributed by atoms with van der Waals surface area (Å²) in [4.78, 5) is 59.1. The lowest BCUT2D eigenvalue weighted by Crippen LogP contribution is -2.53. The van der Waals surface area contributed by atoms with Gasteiger partial charge in [0.1, 0.15) is 12.6 Å². The van der Waals surface area contributed by atoms with Crippen LogP contribution in [-0.4, -0.2) is 80.3 Å². The van der Waals surface area contributed by atoms with E-state index >= 15 is 0 Å². The molecule has 9 heteroatoms. The Morgan fingerprint density at radius 1 is 0.919 bits per heavy atom. The maximum Gasteiger partial charge on any atom is 0.329 e. The highest BCUT2D eigenvalue weighted by molar-refractivity contribution is 5.90. The molecule has 1 aliphatic carbocycles. The Hall–Kier alpha value is -3.10. The van der Waals surface area contributed by atoms with E-state index in [4.69, 9.17) is 0 Å². The van der Waals surface area contributed by atoms with Crippen molar-refractivity contribution in [1.82, 2.24) is 23.8 Å². The fourth-order valence-corrected chi connectivity index (χ4v) is 6.78. The van der Waals surface area contributed by atoms with E-state index in [1.807, 2.05) is 34.1 Å². The zero-order chi connectivity index (χ0) is 25.7. The third-order valence-corrected chi connectivity index (χ3v) is 9.17. The number of fused-ring (bicyclic) bond motifs is 1. The van der Waals surface area contributed by atoms with Crippen molar-refractivity contribution in [3.63, 3.8) is 0 Å². The smallest absolute Gasteiger partial charge is 0.329 e. The molecule has 1 spiro atoms. The lowest BCUT2D eigenvalue weighted by molar-refractivity contribution is -0.147. The van der Waals surface area contributed by atoms with Gasteiger partial charge in [0.25, 0.3) is 0 Å². The summed E-state index contributed by atoms with van der Waals surface area (Å²) in [5, 5.41) is 0. The molecule has 1 aromatic heterocycles. The summed E-state index contributed by atoms with van der Waals surface area (Å²) in [6, 6.07) is 6.96. The fraction of sp³-hybridized carbons (Fsp3) is 0.643. The molecule has 3 amide bonds. The van der Waals surface area contributed by atoms with Gasteiger partial charge in [0.05, 0.1) is 17.0 Å². The van der Waals surface area contributed by atoms with Crippen molar-refractivity contribution >= 4 is 28.8 Å². The van der Waals surface area contributed by atoms with Gasteiger partial charge in [-0.2, -0.15) is 0 Å². The number of likely N-dealkylation sites (tertiary alicyclic amines) is 3. The second-order valence-electron chi connectivity index (χ2n) is 11.7. The van der Waals surface area contributed by atoms with E-state index in [0.29, 0.717) is 26.1 Å². The first kappa shape index (κ1) is 24.2. The molecule has 3 saturated heterocycles. The van der Waals surface area contributed by atoms with Crippen molar-refractivity contribution in [2.75, 3.05) is 32.7 Å². The number of carbonyl (C=O) groups excluding carboxylic acids is 3. The van der Waals surface area contributed by atoms with Crippen LogP contribution in [0.15, 0.2) is 29.1 Å². The third-order valence-electron chi connectivity index (χ3n) is 9.17. The Morgan fingerprint density at radius 3 is 2.35 bits per heavy atom. The zero-order valence-electron chi connectivity index (χ0n) is 21.7. The van der Waals surface area contributed by atoms with Gasteiger partial charge in [0.15, 0.2) is 0 Å². The number of hydrogen-bond donors (Lipinski definition) is 0. The van der Waals surface area contributed by atoms with Crippen LogP contribution < -0.4 is 5.69 Å². The monoisotopic (exact) mass is 507 g/mol. The minimum atomic E-state index is -0.510. The van der Waals surface area contributed by atoms with Crippen molar-refractivity contribution in [3.05, 3.63) is 34.7 Å². The van der Waals surface area contributed by atoms with Crippen LogP contribution in [0.2, 0.25) is 0 Å². The van der Waals surface area contributed by atoms with E-state index in [1.165, 1.54) is 11.0 Å². The van der Waals surface area contributed by atoms with E-state index in [-0.39, 0.29) is 41.3 Å². The van der Waals surface area contributed by atoms with Crippen LogP contribution in [0.4, 0.5) is 0 Å². The molecule has 6 rings (SSSR count). The average Bonchev–Trinajstić information content (AvgIpc) is 3.52. The van der Waals surface area contributed by atoms with Crippen molar-refractivity contribution in [2.24, 2.45) is 18.4 Å². The molecule has 37 heavy (non-hydrogen) atoms. The second kappa shape index (κ2) is 9.33. The van der Waals surface area contributed by atoms with E-state index in [2.05, 4.69) is 0 Å². The number of aryl methyl sites for hydroxylation is 1. The van der Waals surface area contributed by atoms with Gasteiger partial charge in [-0.25, -0.2) is 4.79 Å². The summed E-state index contributed by atoms with van der Waals surface area (Å²) in [5.74, 6) is -0.173. The highest BCUT2D eigenvalue weighted by Gasteiger charge is 2.56. The van der Waals surface area contributed by atoms with Crippen LogP contribution in [0.1, 0.15) is 51.4 Å². The number of hydrogen-bond acceptors (Lipinski definition) is 4. The summed E-state index contributed by atoms with van der Waals surface area (Å²) in [6.07, 6.45) is 7.67. The molecule has 3 aliphatic heterocycles. The van der Waals surface area contributed by atoms with E-state index in [0.717, 1.165) is 62.6 Å². The summed E-state index contributed by atoms with van der Waals surface area (Å²) < 4.78 is 3.08. The van der Waals surface area contributed by atoms with Gasteiger partial charge < -0.3 is 14.7 Å². The number of piperidine rings is 2. The number of nitrogens with zero attached hydrogens (tertiary/aromatic N) is 5. The Bertz CT molecular complexity index is 1290. The lowest BCUT2D eigenvalue weighted by Gasteiger charge is -2.38. The molecule has 0 N–H and O–H groups in total. The number of para-hydroxylation sites is 2. The number of imidazole rings is 1. The highest BCUT2D eigenvalue weighted by atomic mass is 16.2. The van der Waals surface area contributed by atoms with Crippen LogP contribution in [0.25, 0.3) is 11.0 Å². The number of benzene rings is 1. The van der Waals surface area contributed by atoms with E-state index in [9.17, 15) is 19.2 Å². The van der Waals surface area contributed by atoms with Crippen LogP contribution in [-0.2, 0) is 28.0 Å². The lowest BCUT2D eigenvalue weighted by atomic mass is 9.94. The topological polar surface area (TPSA) is 87.9 Å². The first-order valence-corrected chi connectivity index (χ1v) is 13.9. The number of amides is 3. The minimum absolute atomic E-state index is 0.0291. The summed E-state index contributed by atoms with van der Waals surface area (Å²) in [5.41, 5.74) is 1.32. The normalized spacial score (nSPS) is 25.2. The molecule has 1 aromatic carbocycles. The standard InChI is InChI=1S/C28H37N5O4/c1-29-21-9-3-4-10-22(21)32(27(29)37)18-24(34)33-19-28(11-12-28)16-23(33)26(36)31-15-7-8-20(17-31)25(35)30-13-5-2-6-14-30/h3-4,9-10,20,23H,2,5-8,11-19H2,1H3/t20?,23-/m1/s1. The van der Waals surface area contributed by atoms with Crippen LogP contribution in [0.5, 0.6) is 0 Å². The molecule has 4 aliphatic rings. The van der Waals surface area contributed by atoms with Gasteiger partial charge in [0, 0.05) is 39.8 Å². The van der Waals surface area contributed by atoms with Crippen LogP contribution in [0.3, 0.4) is 0 Å². The summed E-state index contributed by atoms with van der Waals surface area (Å²) in [6.45, 7) is 3.23. The molecular formula is C28H37N5O4. The van der Waals surface area contributed by atoms with Crippen LogP contribution >= 0.6 is 0 Å². The van der Waals surface area contributed by atoms with Gasteiger partial charge in [0.2, 0.25) is 17.7 Å². The molecule has 0 radical (unpaired) electrons. The molecular weight excluding hydrogens is 470 g/mol. The average molecular weight is 508 g/mol. The first-order chi connectivity index (χ1) is 17.9. The maximum atomic E-state index is 13.8. The molecule has 2 aromatic rings. The number of aromatic nitrogens is 2. The first-order valence-electron chi connectivity index (χ1n) is 13.9. The Kier molecular flexibility index (Phi) is 6.12. The molecule has 9 nitrogen and oxygen atoms in total. The Morgan fingerprint density at radius 2 is 1.62 bits per heavy atom. The SMILES string of the molecule is Cn1c(=O)n(CC(=O)N2CC3(CC3)C[C@@H]2C(=O)N2CCCC(C(=O)N3CCCCC3)C2)c2ccccc21. The van der Waals surface area contributed by atoms with E-state index in [1.54, 1.807) is 16.5 Å². The molecule has 4 heterocycles. The quantitative estimate of drug-likeness (QED) is 0.633. The molecule has 0 bridgehead atoms.